The highest BCUT2D eigenvalue weighted by molar-refractivity contribution is 5.94. The van der Waals surface area contributed by atoms with E-state index in [1.165, 1.54) is 11.1 Å². The molecule has 1 fully saturated rings. The highest BCUT2D eigenvalue weighted by atomic mass is 16.3. The zero-order chi connectivity index (χ0) is 20.7. The number of carbonyl (C=O) groups excluding carboxylic acids is 1. The fraction of sp³-hybridized carbons (Fsp3) is 0.190. The van der Waals surface area contributed by atoms with Gasteiger partial charge in [0, 0.05) is 36.9 Å². The Morgan fingerprint density at radius 3 is 2.70 bits per heavy atom. The lowest BCUT2D eigenvalue weighted by molar-refractivity contribution is 0.0293. The molecule has 30 heavy (non-hydrogen) atoms. The molecule has 1 aliphatic heterocycles. The molecule has 1 atom stereocenters. The first-order valence-electron chi connectivity index (χ1n) is 9.62. The van der Waals surface area contributed by atoms with Gasteiger partial charge in [0.2, 0.25) is 0 Å². The lowest BCUT2D eigenvalue weighted by Crippen LogP contribution is -2.35. The van der Waals surface area contributed by atoms with Crippen LogP contribution in [0.1, 0.15) is 23.2 Å². The van der Waals surface area contributed by atoms with Crippen molar-refractivity contribution in [3.63, 3.8) is 0 Å². The second-order valence-electron chi connectivity index (χ2n) is 7.14. The number of fused-ring (bicyclic) bond motifs is 1. The van der Waals surface area contributed by atoms with Crippen LogP contribution in [0, 0.1) is 0 Å². The number of nitrogen functional groups attached to an aromatic ring is 1. The molecule has 0 spiro atoms. The Hall–Kier alpha value is -3.85. The number of aromatic nitrogens is 5. The van der Waals surface area contributed by atoms with Crippen molar-refractivity contribution in [2.45, 2.75) is 19.1 Å². The van der Waals surface area contributed by atoms with Crippen LogP contribution < -0.4 is 5.73 Å². The lowest BCUT2D eigenvalue weighted by Gasteiger charge is -2.20. The van der Waals surface area contributed by atoms with Crippen LogP contribution in [0.2, 0.25) is 0 Å². The van der Waals surface area contributed by atoms with Gasteiger partial charge in [0.1, 0.15) is 6.23 Å². The third kappa shape index (κ3) is 3.05. The third-order valence-electron chi connectivity index (χ3n) is 5.21. The molecule has 0 bridgehead atoms. The quantitative estimate of drug-likeness (QED) is 0.538. The zero-order valence-electron chi connectivity index (χ0n) is 16.0. The Kier molecular flexibility index (Phi) is 4.36. The van der Waals surface area contributed by atoms with Crippen molar-refractivity contribution in [3.8, 4) is 22.5 Å². The second kappa shape index (κ2) is 7.20. The number of carbonyl (C=O) groups is 1. The van der Waals surface area contributed by atoms with Gasteiger partial charge in [-0.15, -0.1) is 5.10 Å². The minimum absolute atomic E-state index is 0.215. The molecule has 1 amide bonds. The molecule has 150 valence electrons. The van der Waals surface area contributed by atoms with Gasteiger partial charge in [0.25, 0.3) is 5.91 Å². The maximum absolute atomic E-state index is 12.5. The summed E-state index contributed by atoms with van der Waals surface area (Å²) < 4.78 is 1.61. The molecule has 1 unspecified atom stereocenters. The van der Waals surface area contributed by atoms with Gasteiger partial charge in [-0.3, -0.25) is 14.8 Å². The summed E-state index contributed by atoms with van der Waals surface area (Å²) in [4.78, 5) is 27.3. The molecule has 4 aromatic rings. The Balaban J connectivity index is 1.46. The molecule has 0 aromatic carbocycles. The van der Waals surface area contributed by atoms with Crippen molar-refractivity contribution >= 4 is 17.4 Å². The predicted octanol–water partition coefficient (Wildman–Crippen LogP) is 1.99. The summed E-state index contributed by atoms with van der Waals surface area (Å²) in [5.74, 6) is 0.129. The number of nitrogens with two attached hydrogens (primary N) is 1. The average molecular weight is 401 g/mol. The fourth-order valence-corrected chi connectivity index (χ4v) is 3.68. The number of hydrogen-bond donors (Lipinski definition) is 2. The Bertz CT molecular complexity index is 1220. The monoisotopic (exact) mass is 401 g/mol. The summed E-state index contributed by atoms with van der Waals surface area (Å²) in [6.07, 6.45) is 7.39. The van der Waals surface area contributed by atoms with Crippen LogP contribution in [0.15, 0.2) is 55.1 Å². The van der Waals surface area contributed by atoms with E-state index in [9.17, 15) is 9.90 Å². The summed E-state index contributed by atoms with van der Waals surface area (Å²) in [7, 11) is 0. The Labute approximate surface area is 171 Å². The summed E-state index contributed by atoms with van der Waals surface area (Å²) in [5, 5.41) is 14.3. The number of amides is 1. The van der Waals surface area contributed by atoms with Crippen LogP contribution in [0.25, 0.3) is 28.2 Å². The van der Waals surface area contributed by atoms with Gasteiger partial charge in [0.15, 0.2) is 11.5 Å². The van der Waals surface area contributed by atoms with Gasteiger partial charge in [-0.05, 0) is 37.1 Å². The van der Waals surface area contributed by atoms with E-state index in [1.807, 2.05) is 18.2 Å². The average Bonchev–Trinajstić information content (AvgIpc) is 3.35. The van der Waals surface area contributed by atoms with Gasteiger partial charge in [0.05, 0.1) is 22.5 Å². The van der Waals surface area contributed by atoms with E-state index in [4.69, 9.17) is 5.73 Å². The van der Waals surface area contributed by atoms with Gasteiger partial charge in [-0.2, -0.15) is 0 Å². The van der Waals surface area contributed by atoms with E-state index < -0.39 is 6.23 Å². The number of nitrogens with zero attached hydrogens (tertiary/aromatic N) is 6. The highest BCUT2D eigenvalue weighted by Crippen LogP contribution is 2.28. The Morgan fingerprint density at radius 1 is 1.10 bits per heavy atom. The van der Waals surface area contributed by atoms with Crippen LogP contribution in [-0.2, 0) is 0 Å². The summed E-state index contributed by atoms with van der Waals surface area (Å²) in [6, 6.07) is 9.04. The molecule has 4 aromatic heterocycles. The third-order valence-corrected chi connectivity index (χ3v) is 5.21. The molecular weight excluding hydrogens is 382 g/mol. The van der Waals surface area contributed by atoms with Gasteiger partial charge >= 0.3 is 0 Å². The molecule has 5 heterocycles. The van der Waals surface area contributed by atoms with E-state index in [1.54, 1.807) is 35.2 Å². The normalized spacial score (nSPS) is 16.3. The topological polar surface area (TPSA) is 123 Å². The zero-order valence-corrected chi connectivity index (χ0v) is 16.0. The standard InChI is InChI=1S/C21H19N7O2/c22-19-18(16-4-1-2-8-23-16)20-25-11-14(12-28(20)26-19)15-7-6-13(10-24-15)21(30)27-9-3-5-17(27)29/h1-2,4,6-8,10-12,17,29H,3,5,9H2,(H2,22,26). The van der Waals surface area contributed by atoms with E-state index in [0.717, 1.165) is 12.0 Å². The number of pyridine rings is 2. The smallest absolute Gasteiger partial charge is 0.257 e. The van der Waals surface area contributed by atoms with Crippen molar-refractivity contribution in [1.82, 2.24) is 29.5 Å². The number of likely N-dealkylation sites (tertiary alicyclic amines) is 1. The predicted molar refractivity (Wildman–Crippen MR) is 110 cm³/mol. The van der Waals surface area contributed by atoms with Gasteiger partial charge < -0.3 is 15.7 Å². The summed E-state index contributed by atoms with van der Waals surface area (Å²) in [5.41, 5.74) is 9.92. The Morgan fingerprint density at radius 2 is 2.00 bits per heavy atom. The van der Waals surface area contributed by atoms with Crippen LogP contribution in [-0.4, -0.2) is 53.3 Å². The molecule has 9 nitrogen and oxygen atoms in total. The van der Waals surface area contributed by atoms with Crippen LogP contribution >= 0.6 is 0 Å². The molecule has 3 N–H and O–H groups in total. The van der Waals surface area contributed by atoms with E-state index in [0.29, 0.717) is 46.9 Å². The minimum atomic E-state index is -0.720. The van der Waals surface area contributed by atoms with Crippen molar-refractivity contribution in [1.29, 1.82) is 0 Å². The number of aliphatic hydroxyl groups excluding tert-OH is 1. The van der Waals surface area contributed by atoms with Crippen molar-refractivity contribution in [2.24, 2.45) is 0 Å². The molecule has 0 radical (unpaired) electrons. The summed E-state index contributed by atoms with van der Waals surface area (Å²) in [6.45, 7) is 0.557. The number of hydrogen-bond acceptors (Lipinski definition) is 7. The van der Waals surface area contributed by atoms with E-state index in [2.05, 4.69) is 20.1 Å². The first kappa shape index (κ1) is 18.2. The molecule has 0 aliphatic carbocycles. The number of rotatable bonds is 3. The highest BCUT2D eigenvalue weighted by Gasteiger charge is 2.27. The number of anilines is 1. The first-order chi connectivity index (χ1) is 14.6. The SMILES string of the molecule is Nc1nn2cc(-c3ccc(C(=O)N4CCCC4O)cn3)cnc2c1-c1ccccn1. The summed E-state index contributed by atoms with van der Waals surface area (Å²) >= 11 is 0. The van der Waals surface area contributed by atoms with Crippen LogP contribution in [0.3, 0.4) is 0 Å². The van der Waals surface area contributed by atoms with Crippen LogP contribution in [0.4, 0.5) is 5.82 Å². The van der Waals surface area contributed by atoms with E-state index in [-0.39, 0.29) is 5.91 Å². The van der Waals surface area contributed by atoms with Crippen molar-refractivity contribution < 1.29 is 9.90 Å². The minimum Gasteiger partial charge on any atom is -0.382 e. The maximum Gasteiger partial charge on any atom is 0.257 e. The fourth-order valence-electron chi connectivity index (χ4n) is 3.68. The molecule has 1 saturated heterocycles. The second-order valence-corrected chi connectivity index (χ2v) is 7.14. The van der Waals surface area contributed by atoms with Crippen LogP contribution in [0.5, 0.6) is 0 Å². The number of aliphatic hydroxyl groups is 1. The van der Waals surface area contributed by atoms with Gasteiger partial charge in [-0.25, -0.2) is 9.50 Å². The van der Waals surface area contributed by atoms with E-state index >= 15 is 0 Å². The largest absolute Gasteiger partial charge is 0.382 e. The first-order valence-corrected chi connectivity index (χ1v) is 9.62. The van der Waals surface area contributed by atoms with Crippen molar-refractivity contribution in [2.75, 3.05) is 12.3 Å². The van der Waals surface area contributed by atoms with Gasteiger partial charge in [-0.1, -0.05) is 6.07 Å². The lowest BCUT2D eigenvalue weighted by atomic mass is 10.1. The maximum atomic E-state index is 12.5. The molecule has 5 rings (SSSR count). The molecule has 1 aliphatic rings. The molecular formula is C21H19N7O2. The van der Waals surface area contributed by atoms with Crippen molar-refractivity contribution in [3.05, 3.63) is 60.7 Å². The molecule has 9 heteroatoms. The molecule has 0 saturated carbocycles.